The summed E-state index contributed by atoms with van der Waals surface area (Å²) >= 11 is 0. The molecule has 0 unspecified atom stereocenters. The van der Waals surface area contributed by atoms with E-state index in [1.807, 2.05) is 0 Å². The third-order valence-corrected chi connectivity index (χ3v) is 5.56. The first-order valence-corrected chi connectivity index (χ1v) is 9.29. The molecule has 0 spiro atoms. The summed E-state index contributed by atoms with van der Waals surface area (Å²) in [5.41, 5.74) is 0.725. The highest BCUT2D eigenvalue weighted by atomic mass is 14.4. The summed E-state index contributed by atoms with van der Waals surface area (Å²) in [4.78, 5) is 0. The molecule has 0 aromatic carbocycles. The third-order valence-electron chi connectivity index (χ3n) is 5.56. The third kappa shape index (κ3) is 5.48. The molecule has 0 aromatic heterocycles. The van der Waals surface area contributed by atoms with Gasteiger partial charge in [-0.3, -0.25) is 0 Å². The maximum atomic E-state index is 2.37. The Labute approximate surface area is 122 Å². The summed E-state index contributed by atoms with van der Waals surface area (Å²) in [7, 11) is 0. The van der Waals surface area contributed by atoms with Gasteiger partial charge in [-0.2, -0.15) is 0 Å². The van der Waals surface area contributed by atoms with Crippen LogP contribution >= 0.6 is 0 Å². The molecule has 0 aliphatic heterocycles. The van der Waals surface area contributed by atoms with Crippen LogP contribution < -0.4 is 0 Å². The molecule has 19 heavy (non-hydrogen) atoms. The number of hydrogen-bond acceptors (Lipinski definition) is 0. The van der Waals surface area contributed by atoms with Crippen LogP contribution in [0.2, 0.25) is 0 Å². The lowest BCUT2D eigenvalue weighted by Crippen LogP contribution is -2.32. The Bertz CT molecular complexity index is 178. The van der Waals surface area contributed by atoms with Crippen LogP contribution in [0.25, 0.3) is 0 Å². The molecule has 114 valence electrons. The van der Waals surface area contributed by atoms with Gasteiger partial charge in [-0.05, 0) is 43.4 Å². The number of hydrogen-bond donors (Lipinski definition) is 0. The molecule has 0 heterocycles. The highest BCUT2D eigenvalue weighted by Crippen LogP contribution is 2.49. The second-order valence-electron chi connectivity index (χ2n) is 7.01. The zero-order chi connectivity index (χ0) is 14.0. The van der Waals surface area contributed by atoms with Gasteiger partial charge in [0, 0.05) is 0 Å². The maximum Gasteiger partial charge on any atom is -0.0269 e. The second kappa shape index (κ2) is 9.83. The summed E-state index contributed by atoms with van der Waals surface area (Å²) in [5.74, 6) is 1.06. The van der Waals surface area contributed by atoms with E-state index < -0.39 is 0 Å². The Morgan fingerprint density at radius 2 is 1.11 bits per heavy atom. The van der Waals surface area contributed by atoms with Crippen molar-refractivity contribution in [3.8, 4) is 0 Å². The van der Waals surface area contributed by atoms with Gasteiger partial charge in [0.1, 0.15) is 0 Å². The van der Waals surface area contributed by atoms with E-state index in [1.165, 1.54) is 89.9 Å². The summed E-state index contributed by atoms with van der Waals surface area (Å²) in [5, 5.41) is 0. The van der Waals surface area contributed by atoms with Gasteiger partial charge in [-0.25, -0.2) is 0 Å². The molecule has 0 heteroatoms. The van der Waals surface area contributed by atoms with Gasteiger partial charge in [0.15, 0.2) is 0 Å². The van der Waals surface area contributed by atoms with Gasteiger partial charge in [0.05, 0.1) is 0 Å². The Kier molecular flexibility index (Phi) is 8.83. The average Bonchev–Trinajstić information content (AvgIpc) is 2.48. The molecule has 1 saturated carbocycles. The first kappa shape index (κ1) is 17.1. The minimum atomic E-state index is 0.725. The van der Waals surface area contributed by atoms with Crippen LogP contribution in [0.1, 0.15) is 111 Å². The van der Waals surface area contributed by atoms with E-state index in [4.69, 9.17) is 0 Å². The Morgan fingerprint density at radius 3 is 1.47 bits per heavy atom. The monoisotopic (exact) mass is 266 g/mol. The normalized spacial score (nSPS) is 17.8. The fourth-order valence-electron chi connectivity index (χ4n) is 4.29. The summed E-state index contributed by atoms with van der Waals surface area (Å²) in [6.45, 7) is 7.10. The molecular weight excluding hydrogens is 228 g/mol. The van der Waals surface area contributed by atoms with Gasteiger partial charge in [0.25, 0.3) is 0 Å². The molecule has 1 aliphatic carbocycles. The summed E-state index contributed by atoms with van der Waals surface area (Å²) in [6, 6.07) is 0. The Morgan fingerprint density at radius 1 is 0.684 bits per heavy atom. The molecule has 0 atom stereocenters. The maximum absolute atomic E-state index is 2.37. The van der Waals surface area contributed by atoms with E-state index in [1.54, 1.807) is 0 Å². The summed E-state index contributed by atoms with van der Waals surface area (Å²) < 4.78 is 0. The van der Waals surface area contributed by atoms with Gasteiger partial charge in [0.2, 0.25) is 0 Å². The van der Waals surface area contributed by atoms with Crippen LogP contribution in [0.3, 0.4) is 0 Å². The summed E-state index contributed by atoms with van der Waals surface area (Å²) in [6.07, 6.45) is 20.7. The van der Waals surface area contributed by atoms with Crippen LogP contribution in [-0.4, -0.2) is 0 Å². The standard InChI is InChI=1S/C19H38/c1-4-7-15-19(16-8-5-2,17-9-6-3)18-13-11-10-12-14-18/h18H,4-17H2,1-3H3. The van der Waals surface area contributed by atoms with Gasteiger partial charge < -0.3 is 0 Å². The lowest BCUT2D eigenvalue weighted by atomic mass is 9.61. The van der Waals surface area contributed by atoms with Crippen molar-refractivity contribution in [2.45, 2.75) is 111 Å². The van der Waals surface area contributed by atoms with Crippen LogP contribution in [0.15, 0.2) is 0 Å². The largest absolute Gasteiger partial charge is 0.0654 e. The van der Waals surface area contributed by atoms with Crippen molar-refractivity contribution in [1.29, 1.82) is 0 Å². The van der Waals surface area contributed by atoms with E-state index in [0.29, 0.717) is 0 Å². The van der Waals surface area contributed by atoms with Crippen molar-refractivity contribution in [3.05, 3.63) is 0 Å². The number of unbranched alkanes of at least 4 members (excludes halogenated alkanes) is 3. The molecule has 0 aromatic rings. The molecule has 0 nitrogen and oxygen atoms in total. The van der Waals surface area contributed by atoms with Gasteiger partial charge in [-0.15, -0.1) is 0 Å². The lowest BCUT2D eigenvalue weighted by Gasteiger charge is -2.44. The topological polar surface area (TPSA) is 0 Å². The Hall–Kier alpha value is 0. The molecule has 1 aliphatic rings. The van der Waals surface area contributed by atoms with Crippen molar-refractivity contribution in [2.24, 2.45) is 11.3 Å². The highest BCUT2D eigenvalue weighted by Gasteiger charge is 2.37. The van der Waals surface area contributed by atoms with E-state index in [2.05, 4.69) is 20.8 Å². The first-order valence-electron chi connectivity index (χ1n) is 9.29. The predicted octanol–water partition coefficient (Wildman–Crippen LogP) is 7.12. The molecule has 0 N–H and O–H groups in total. The molecule has 1 rings (SSSR count). The smallest absolute Gasteiger partial charge is 0.0269 e. The van der Waals surface area contributed by atoms with Gasteiger partial charge in [-0.1, -0.05) is 78.6 Å². The van der Waals surface area contributed by atoms with Crippen LogP contribution in [0, 0.1) is 11.3 Å². The van der Waals surface area contributed by atoms with E-state index in [-0.39, 0.29) is 0 Å². The lowest BCUT2D eigenvalue weighted by molar-refractivity contribution is 0.0727. The molecule has 0 saturated heterocycles. The zero-order valence-corrected chi connectivity index (χ0v) is 14.0. The Balaban J connectivity index is 2.73. The van der Waals surface area contributed by atoms with Crippen molar-refractivity contribution in [1.82, 2.24) is 0 Å². The predicted molar refractivity (Wildman–Crippen MR) is 87.6 cm³/mol. The van der Waals surface area contributed by atoms with Gasteiger partial charge >= 0.3 is 0 Å². The average molecular weight is 267 g/mol. The van der Waals surface area contributed by atoms with Crippen molar-refractivity contribution in [2.75, 3.05) is 0 Å². The molecule has 1 fully saturated rings. The van der Waals surface area contributed by atoms with Crippen molar-refractivity contribution in [3.63, 3.8) is 0 Å². The van der Waals surface area contributed by atoms with E-state index >= 15 is 0 Å². The molecule has 0 bridgehead atoms. The quantitative estimate of drug-likeness (QED) is 0.395. The fraction of sp³-hybridized carbons (Fsp3) is 1.00. The van der Waals surface area contributed by atoms with Crippen LogP contribution in [0.4, 0.5) is 0 Å². The minimum Gasteiger partial charge on any atom is -0.0654 e. The van der Waals surface area contributed by atoms with E-state index in [9.17, 15) is 0 Å². The zero-order valence-electron chi connectivity index (χ0n) is 14.0. The molecule has 0 radical (unpaired) electrons. The van der Waals surface area contributed by atoms with Crippen molar-refractivity contribution < 1.29 is 0 Å². The first-order chi connectivity index (χ1) is 9.29. The van der Waals surface area contributed by atoms with Crippen LogP contribution in [-0.2, 0) is 0 Å². The van der Waals surface area contributed by atoms with Crippen LogP contribution in [0.5, 0.6) is 0 Å². The fourth-order valence-corrected chi connectivity index (χ4v) is 4.29. The highest BCUT2D eigenvalue weighted by molar-refractivity contribution is 4.88. The SMILES string of the molecule is CCCCC(CCCC)(CCCC)C1CCCCC1. The number of rotatable bonds is 10. The minimum absolute atomic E-state index is 0.725. The second-order valence-corrected chi connectivity index (χ2v) is 7.01. The molecule has 0 amide bonds. The molecular formula is C19H38. The van der Waals surface area contributed by atoms with Crippen molar-refractivity contribution >= 4 is 0 Å². The van der Waals surface area contributed by atoms with E-state index in [0.717, 1.165) is 11.3 Å².